The van der Waals surface area contributed by atoms with Gasteiger partial charge in [-0.3, -0.25) is 0 Å². The Labute approximate surface area is 124 Å². The van der Waals surface area contributed by atoms with Crippen LogP contribution in [0.25, 0.3) is 10.8 Å². The lowest BCUT2D eigenvalue weighted by Crippen LogP contribution is -2.00. The molecule has 0 bridgehead atoms. The van der Waals surface area contributed by atoms with Gasteiger partial charge in [0.25, 0.3) is 0 Å². The maximum atomic E-state index is 5.80. The second-order valence-corrected chi connectivity index (χ2v) is 5.19. The fraction of sp³-hybridized carbons (Fsp3) is 0.0667. The highest BCUT2D eigenvalue weighted by Crippen LogP contribution is 2.31. The standard InChI is InChI=1S/C15H12BrN3O/c1-9-13(16)14(19-15(17)18-9)20-12-7-6-10-4-2-3-5-11(10)8-12/h2-8H,1H3,(H2,17,18,19). The van der Waals surface area contributed by atoms with Gasteiger partial charge < -0.3 is 10.5 Å². The van der Waals surface area contributed by atoms with Crippen LogP contribution in [0.2, 0.25) is 0 Å². The van der Waals surface area contributed by atoms with Gasteiger partial charge in [-0.05, 0) is 45.8 Å². The van der Waals surface area contributed by atoms with E-state index < -0.39 is 0 Å². The molecule has 0 saturated heterocycles. The molecule has 5 heteroatoms. The summed E-state index contributed by atoms with van der Waals surface area (Å²) in [7, 11) is 0. The minimum absolute atomic E-state index is 0.196. The maximum absolute atomic E-state index is 5.80. The summed E-state index contributed by atoms with van der Waals surface area (Å²) in [5, 5.41) is 2.28. The van der Waals surface area contributed by atoms with Crippen LogP contribution in [-0.4, -0.2) is 9.97 Å². The van der Waals surface area contributed by atoms with Crippen LogP contribution in [0.5, 0.6) is 11.6 Å². The van der Waals surface area contributed by atoms with Gasteiger partial charge in [-0.2, -0.15) is 4.98 Å². The molecule has 0 unspecified atom stereocenters. The second-order valence-electron chi connectivity index (χ2n) is 4.40. The van der Waals surface area contributed by atoms with Crippen LogP contribution >= 0.6 is 15.9 Å². The topological polar surface area (TPSA) is 61.0 Å². The van der Waals surface area contributed by atoms with Crippen LogP contribution in [0.1, 0.15) is 5.69 Å². The molecule has 2 N–H and O–H groups in total. The van der Waals surface area contributed by atoms with E-state index in [1.54, 1.807) is 0 Å². The van der Waals surface area contributed by atoms with Crippen molar-refractivity contribution >= 4 is 32.7 Å². The van der Waals surface area contributed by atoms with Crippen LogP contribution in [0.4, 0.5) is 5.95 Å². The van der Waals surface area contributed by atoms with Crippen molar-refractivity contribution in [1.29, 1.82) is 0 Å². The number of rotatable bonds is 2. The molecule has 1 heterocycles. The number of nitrogens with two attached hydrogens (primary N) is 1. The number of hydrogen-bond acceptors (Lipinski definition) is 4. The highest BCUT2D eigenvalue weighted by atomic mass is 79.9. The van der Waals surface area contributed by atoms with Crippen LogP contribution in [0, 0.1) is 6.92 Å². The molecule has 0 aliphatic heterocycles. The lowest BCUT2D eigenvalue weighted by atomic mass is 10.1. The number of anilines is 1. The summed E-state index contributed by atoms with van der Waals surface area (Å²) in [4.78, 5) is 8.17. The number of aryl methyl sites for hydroxylation is 1. The van der Waals surface area contributed by atoms with Gasteiger partial charge in [-0.1, -0.05) is 30.3 Å². The summed E-state index contributed by atoms with van der Waals surface area (Å²) in [5.74, 6) is 1.33. The lowest BCUT2D eigenvalue weighted by Gasteiger charge is -2.09. The average molecular weight is 330 g/mol. The third kappa shape index (κ3) is 2.44. The van der Waals surface area contributed by atoms with Gasteiger partial charge in [-0.15, -0.1) is 0 Å². The Balaban J connectivity index is 2.01. The van der Waals surface area contributed by atoms with E-state index in [0.717, 1.165) is 16.5 Å². The van der Waals surface area contributed by atoms with E-state index in [9.17, 15) is 0 Å². The summed E-state index contributed by atoms with van der Waals surface area (Å²) in [5.41, 5.74) is 6.39. The molecule has 2 aromatic carbocycles. The molecule has 0 aliphatic rings. The number of aromatic nitrogens is 2. The summed E-state index contributed by atoms with van der Waals surface area (Å²) >= 11 is 3.42. The predicted octanol–water partition coefficient (Wildman–Crippen LogP) is 4.08. The molecule has 1 aromatic heterocycles. The third-order valence-corrected chi connectivity index (χ3v) is 3.85. The van der Waals surface area contributed by atoms with E-state index in [2.05, 4.69) is 32.0 Å². The molecule has 3 rings (SSSR count). The minimum Gasteiger partial charge on any atom is -0.438 e. The Morgan fingerprint density at radius 1 is 1.05 bits per heavy atom. The van der Waals surface area contributed by atoms with Gasteiger partial charge >= 0.3 is 0 Å². The Morgan fingerprint density at radius 3 is 2.60 bits per heavy atom. The summed E-state index contributed by atoms with van der Waals surface area (Å²) < 4.78 is 6.51. The first kappa shape index (κ1) is 12.9. The van der Waals surface area contributed by atoms with Crippen molar-refractivity contribution < 1.29 is 4.74 Å². The number of nitrogen functional groups attached to an aromatic ring is 1. The highest BCUT2D eigenvalue weighted by Gasteiger charge is 2.10. The molecular formula is C15H12BrN3O. The quantitative estimate of drug-likeness (QED) is 0.769. The molecule has 100 valence electrons. The number of halogens is 1. The smallest absolute Gasteiger partial charge is 0.238 e. The lowest BCUT2D eigenvalue weighted by molar-refractivity contribution is 0.459. The third-order valence-electron chi connectivity index (χ3n) is 2.94. The van der Waals surface area contributed by atoms with Crippen molar-refractivity contribution in [2.24, 2.45) is 0 Å². The molecular weight excluding hydrogens is 318 g/mol. The van der Waals surface area contributed by atoms with Gasteiger partial charge in [-0.25, -0.2) is 4.98 Å². The number of fused-ring (bicyclic) bond motifs is 1. The molecule has 0 fully saturated rings. The molecule has 0 spiro atoms. The Hall–Kier alpha value is -2.14. The fourth-order valence-corrected chi connectivity index (χ4v) is 2.22. The fourth-order valence-electron chi connectivity index (χ4n) is 1.96. The van der Waals surface area contributed by atoms with Crippen molar-refractivity contribution in [3.8, 4) is 11.6 Å². The molecule has 0 amide bonds. The van der Waals surface area contributed by atoms with E-state index >= 15 is 0 Å². The SMILES string of the molecule is Cc1nc(N)nc(Oc2ccc3ccccc3c2)c1Br. The first-order valence-electron chi connectivity index (χ1n) is 6.10. The van der Waals surface area contributed by atoms with Crippen molar-refractivity contribution in [3.05, 3.63) is 52.6 Å². The zero-order valence-corrected chi connectivity index (χ0v) is 12.4. The van der Waals surface area contributed by atoms with Crippen LogP contribution < -0.4 is 10.5 Å². The monoisotopic (exact) mass is 329 g/mol. The molecule has 20 heavy (non-hydrogen) atoms. The number of hydrogen-bond donors (Lipinski definition) is 1. The number of nitrogens with zero attached hydrogens (tertiary/aromatic N) is 2. The summed E-state index contributed by atoms with van der Waals surface area (Å²) in [6.45, 7) is 1.84. The normalized spacial score (nSPS) is 10.7. The Morgan fingerprint density at radius 2 is 1.80 bits per heavy atom. The molecule has 4 nitrogen and oxygen atoms in total. The van der Waals surface area contributed by atoms with Gasteiger partial charge in [0.05, 0.1) is 5.69 Å². The van der Waals surface area contributed by atoms with Crippen molar-refractivity contribution in [3.63, 3.8) is 0 Å². The highest BCUT2D eigenvalue weighted by molar-refractivity contribution is 9.10. The van der Waals surface area contributed by atoms with Crippen LogP contribution in [-0.2, 0) is 0 Å². The zero-order valence-electron chi connectivity index (χ0n) is 10.8. The van der Waals surface area contributed by atoms with Gasteiger partial charge in [0.15, 0.2) is 0 Å². The molecule has 0 atom stereocenters. The predicted molar refractivity (Wildman–Crippen MR) is 82.9 cm³/mol. The van der Waals surface area contributed by atoms with Crippen molar-refractivity contribution in [2.45, 2.75) is 6.92 Å². The van der Waals surface area contributed by atoms with E-state index in [1.165, 1.54) is 0 Å². The average Bonchev–Trinajstić information content (AvgIpc) is 2.44. The van der Waals surface area contributed by atoms with Crippen LogP contribution in [0.15, 0.2) is 46.9 Å². The van der Waals surface area contributed by atoms with Gasteiger partial charge in [0.1, 0.15) is 10.2 Å². The minimum atomic E-state index is 0.196. The summed E-state index contributed by atoms with van der Waals surface area (Å²) in [6.07, 6.45) is 0. The maximum Gasteiger partial charge on any atom is 0.238 e. The van der Waals surface area contributed by atoms with Crippen LogP contribution in [0.3, 0.4) is 0 Å². The second kappa shape index (κ2) is 5.09. The van der Waals surface area contributed by atoms with Crippen molar-refractivity contribution in [1.82, 2.24) is 9.97 Å². The Kier molecular flexibility index (Phi) is 3.28. The zero-order chi connectivity index (χ0) is 14.1. The molecule has 3 aromatic rings. The number of ether oxygens (including phenoxy) is 1. The first-order valence-corrected chi connectivity index (χ1v) is 6.89. The summed E-state index contributed by atoms with van der Waals surface area (Å²) in [6, 6.07) is 14.0. The van der Waals surface area contributed by atoms with E-state index in [-0.39, 0.29) is 5.95 Å². The molecule has 0 radical (unpaired) electrons. The molecule has 0 aliphatic carbocycles. The number of benzene rings is 2. The van der Waals surface area contributed by atoms with E-state index in [0.29, 0.717) is 16.1 Å². The first-order chi connectivity index (χ1) is 9.63. The van der Waals surface area contributed by atoms with E-state index in [1.807, 2.05) is 43.3 Å². The largest absolute Gasteiger partial charge is 0.438 e. The Bertz CT molecular complexity index is 789. The van der Waals surface area contributed by atoms with Gasteiger partial charge in [0, 0.05) is 0 Å². The van der Waals surface area contributed by atoms with Crippen molar-refractivity contribution in [2.75, 3.05) is 5.73 Å². The molecule has 0 saturated carbocycles. The van der Waals surface area contributed by atoms with E-state index in [4.69, 9.17) is 10.5 Å². The van der Waals surface area contributed by atoms with Gasteiger partial charge in [0.2, 0.25) is 11.8 Å².